The minimum Gasteiger partial charge on any atom is -0.390 e. The predicted octanol–water partition coefficient (Wildman–Crippen LogP) is -0.606. The minimum absolute atomic E-state index is 0.272. The summed E-state index contributed by atoms with van der Waals surface area (Å²) in [4.78, 5) is 11.8. The summed E-state index contributed by atoms with van der Waals surface area (Å²) in [6, 6.07) is 0. The molecule has 1 rings (SSSR count). The Balaban J connectivity index is 2.64. The fraction of sp³-hybridized carbons (Fsp3) is 0.909. The van der Waals surface area contributed by atoms with Crippen molar-refractivity contribution in [3.05, 3.63) is 0 Å². The first-order valence-electron chi connectivity index (χ1n) is 5.58. The second kappa shape index (κ2) is 4.69. The molecule has 0 saturated heterocycles. The summed E-state index contributed by atoms with van der Waals surface area (Å²) in [5.74, 6) is -0.913. The normalized spacial score (nSPS) is 35.9. The first kappa shape index (κ1) is 13.4. The van der Waals surface area contributed by atoms with E-state index in [2.05, 4.69) is 5.32 Å². The standard InChI is InChI=1S/C11H21NO4/c1-11(2,3)12-10(16)6-4-5-7(13)9(15)8(6)14/h6-9,13-15H,4-5H2,1-3H3,(H,12,16)/t6-,7+,8-,9+/m0/s1. The number of aliphatic hydroxyl groups is 3. The van der Waals surface area contributed by atoms with Crippen LogP contribution >= 0.6 is 0 Å². The average Bonchev–Trinajstić information content (AvgIpc) is 2.11. The quantitative estimate of drug-likeness (QED) is 0.485. The monoisotopic (exact) mass is 231 g/mol. The highest BCUT2D eigenvalue weighted by molar-refractivity contribution is 5.80. The third-order valence-corrected chi connectivity index (χ3v) is 2.76. The zero-order valence-corrected chi connectivity index (χ0v) is 9.97. The summed E-state index contributed by atoms with van der Waals surface area (Å²) in [6.07, 6.45) is -2.63. The second-order valence-corrected chi connectivity index (χ2v) is 5.47. The molecule has 0 spiro atoms. The van der Waals surface area contributed by atoms with Crippen LogP contribution in [0.5, 0.6) is 0 Å². The molecule has 16 heavy (non-hydrogen) atoms. The smallest absolute Gasteiger partial charge is 0.226 e. The van der Waals surface area contributed by atoms with Crippen LogP contribution in [-0.2, 0) is 4.79 Å². The highest BCUT2D eigenvalue weighted by Gasteiger charge is 2.40. The zero-order valence-electron chi connectivity index (χ0n) is 9.97. The van der Waals surface area contributed by atoms with E-state index in [1.807, 2.05) is 20.8 Å². The summed E-state index contributed by atoms with van der Waals surface area (Å²) in [5.41, 5.74) is -0.363. The lowest BCUT2D eigenvalue weighted by Gasteiger charge is -2.35. The maximum absolute atomic E-state index is 11.8. The van der Waals surface area contributed by atoms with E-state index in [0.29, 0.717) is 12.8 Å². The van der Waals surface area contributed by atoms with Crippen LogP contribution in [0.4, 0.5) is 0 Å². The maximum Gasteiger partial charge on any atom is 0.226 e. The van der Waals surface area contributed by atoms with Crippen LogP contribution in [0.3, 0.4) is 0 Å². The Bertz CT molecular complexity index is 261. The van der Waals surface area contributed by atoms with Crippen molar-refractivity contribution in [2.75, 3.05) is 0 Å². The molecule has 0 unspecified atom stereocenters. The number of rotatable bonds is 1. The number of carbonyl (C=O) groups is 1. The van der Waals surface area contributed by atoms with Crippen molar-refractivity contribution in [3.8, 4) is 0 Å². The van der Waals surface area contributed by atoms with E-state index in [1.165, 1.54) is 0 Å². The van der Waals surface area contributed by atoms with Gasteiger partial charge in [-0.3, -0.25) is 4.79 Å². The van der Waals surface area contributed by atoms with Crippen molar-refractivity contribution in [3.63, 3.8) is 0 Å². The van der Waals surface area contributed by atoms with Gasteiger partial charge in [-0.15, -0.1) is 0 Å². The number of nitrogens with one attached hydrogen (secondary N) is 1. The molecule has 0 aliphatic heterocycles. The molecule has 0 aromatic carbocycles. The van der Waals surface area contributed by atoms with Gasteiger partial charge in [0.05, 0.1) is 18.1 Å². The van der Waals surface area contributed by atoms with E-state index in [-0.39, 0.29) is 11.4 Å². The minimum atomic E-state index is -1.23. The Kier molecular flexibility index (Phi) is 3.93. The van der Waals surface area contributed by atoms with Crippen LogP contribution in [0, 0.1) is 5.92 Å². The largest absolute Gasteiger partial charge is 0.390 e. The fourth-order valence-corrected chi connectivity index (χ4v) is 1.91. The highest BCUT2D eigenvalue weighted by atomic mass is 16.4. The van der Waals surface area contributed by atoms with Crippen LogP contribution in [0.2, 0.25) is 0 Å². The van der Waals surface area contributed by atoms with E-state index in [9.17, 15) is 20.1 Å². The van der Waals surface area contributed by atoms with Crippen molar-refractivity contribution in [2.45, 2.75) is 57.5 Å². The molecular formula is C11H21NO4. The van der Waals surface area contributed by atoms with Crippen LogP contribution < -0.4 is 5.32 Å². The summed E-state index contributed by atoms with van der Waals surface area (Å²) in [6.45, 7) is 5.56. The van der Waals surface area contributed by atoms with Gasteiger partial charge in [0, 0.05) is 5.54 Å². The van der Waals surface area contributed by atoms with Crippen molar-refractivity contribution in [1.82, 2.24) is 5.32 Å². The molecule has 0 heterocycles. The van der Waals surface area contributed by atoms with Gasteiger partial charge in [-0.2, -0.15) is 0 Å². The predicted molar refractivity (Wildman–Crippen MR) is 58.6 cm³/mol. The summed E-state index contributed by atoms with van der Waals surface area (Å²) in [5, 5.41) is 31.3. The van der Waals surface area contributed by atoms with E-state index in [1.54, 1.807) is 0 Å². The fourth-order valence-electron chi connectivity index (χ4n) is 1.91. The first-order valence-corrected chi connectivity index (χ1v) is 5.58. The molecule has 94 valence electrons. The lowest BCUT2D eigenvalue weighted by Crippen LogP contribution is -2.54. The number of carbonyl (C=O) groups excluding carboxylic acids is 1. The van der Waals surface area contributed by atoms with Crippen molar-refractivity contribution in [2.24, 2.45) is 5.92 Å². The SMILES string of the molecule is CC(C)(C)NC(=O)[C@H]1CC[C@@H](O)[C@@H](O)[C@H]1O. The summed E-state index contributed by atoms with van der Waals surface area (Å²) < 4.78 is 0. The lowest BCUT2D eigenvalue weighted by atomic mass is 9.82. The summed E-state index contributed by atoms with van der Waals surface area (Å²) in [7, 11) is 0. The van der Waals surface area contributed by atoms with Crippen molar-refractivity contribution < 1.29 is 20.1 Å². The third kappa shape index (κ3) is 3.17. The van der Waals surface area contributed by atoms with Gasteiger partial charge in [0.25, 0.3) is 0 Å². The van der Waals surface area contributed by atoms with E-state index in [4.69, 9.17) is 0 Å². The molecule has 0 bridgehead atoms. The Morgan fingerprint density at radius 2 is 1.69 bits per heavy atom. The number of aliphatic hydroxyl groups excluding tert-OH is 3. The Hall–Kier alpha value is -0.650. The molecule has 0 radical (unpaired) electrons. The molecule has 0 aromatic heterocycles. The molecule has 5 heteroatoms. The van der Waals surface area contributed by atoms with Gasteiger partial charge in [0.2, 0.25) is 5.91 Å². The molecule has 5 nitrogen and oxygen atoms in total. The topological polar surface area (TPSA) is 89.8 Å². The van der Waals surface area contributed by atoms with Crippen LogP contribution in [0.15, 0.2) is 0 Å². The van der Waals surface area contributed by atoms with Gasteiger partial charge in [0.1, 0.15) is 6.10 Å². The Morgan fingerprint density at radius 1 is 1.12 bits per heavy atom. The lowest BCUT2D eigenvalue weighted by molar-refractivity contribution is -0.146. The molecule has 4 N–H and O–H groups in total. The molecule has 1 aliphatic rings. The first-order chi connectivity index (χ1) is 7.22. The molecular weight excluding hydrogens is 210 g/mol. The number of hydrogen-bond acceptors (Lipinski definition) is 4. The zero-order chi connectivity index (χ0) is 12.5. The Labute approximate surface area is 95.5 Å². The summed E-state index contributed by atoms with van der Waals surface area (Å²) >= 11 is 0. The second-order valence-electron chi connectivity index (χ2n) is 5.47. The molecule has 1 aliphatic carbocycles. The van der Waals surface area contributed by atoms with Gasteiger partial charge in [-0.25, -0.2) is 0 Å². The molecule has 0 aromatic rings. The van der Waals surface area contributed by atoms with E-state index in [0.717, 1.165) is 0 Å². The van der Waals surface area contributed by atoms with Crippen molar-refractivity contribution >= 4 is 5.91 Å². The van der Waals surface area contributed by atoms with Gasteiger partial charge in [0.15, 0.2) is 0 Å². The van der Waals surface area contributed by atoms with Gasteiger partial charge < -0.3 is 20.6 Å². The van der Waals surface area contributed by atoms with Crippen LogP contribution in [-0.4, -0.2) is 45.1 Å². The van der Waals surface area contributed by atoms with Crippen molar-refractivity contribution in [1.29, 1.82) is 0 Å². The van der Waals surface area contributed by atoms with Crippen LogP contribution in [0.25, 0.3) is 0 Å². The van der Waals surface area contributed by atoms with Gasteiger partial charge in [-0.1, -0.05) is 0 Å². The molecule has 1 saturated carbocycles. The molecule has 1 amide bonds. The highest BCUT2D eigenvalue weighted by Crippen LogP contribution is 2.26. The maximum atomic E-state index is 11.8. The van der Waals surface area contributed by atoms with Gasteiger partial charge >= 0.3 is 0 Å². The Morgan fingerprint density at radius 3 is 2.19 bits per heavy atom. The average molecular weight is 231 g/mol. The van der Waals surface area contributed by atoms with E-state index < -0.39 is 24.2 Å². The van der Waals surface area contributed by atoms with Crippen LogP contribution in [0.1, 0.15) is 33.6 Å². The number of hydrogen-bond donors (Lipinski definition) is 4. The molecule has 4 atom stereocenters. The number of amides is 1. The third-order valence-electron chi connectivity index (χ3n) is 2.76. The van der Waals surface area contributed by atoms with E-state index >= 15 is 0 Å². The van der Waals surface area contributed by atoms with Gasteiger partial charge in [-0.05, 0) is 33.6 Å². The molecule has 1 fully saturated rings.